The number of ether oxygens (including phenoxy) is 1. The number of nitrogens with zero attached hydrogens (tertiary/aromatic N) is 3. The zero-order valence-corrected chi connectivity index (χ0v) is 17.2. The number of anilines is 1. The fourth-order valence-corrected chi connectivity index (χ4v) is 4.22. The predicted octanol–water partition coefficient (Wildman–Crippen LogP) is 3.96. The zero-order chi connectivity index (χ0) is 19.7. The van der Waals surface area contributed by atoms with Gasteiger partial charge in [0.2, 0.25) is 0 Å². The molecule has 0 aliphatic carbocycles. The van der Waals surface area contributed by atoms with Crippen molar-refractivity contribution >= 4 is 27.8 Å². The highest BCUT2D eigenvalue weighted by Crippen LogP contribution is 2.31. The van der Waals surface area contributed by atoms with Crippen LogP contribution in [0, 0.1) is 0 Å². The predicted molar refractivity (Wildman–Crippen MR) is 115 cm³/mol. The van der Waals surface area contributed by atoms with E-state index in [2.05, 4.69) is 41.8 Å². The number of nitrogens with two attached hydrogens (primary N) is 1. The Balaban J connectivity index is 1.71. The Hall–Kier alpha value is -2.34. The van der Waals surface area contributed by atoms with E-state index in [9.17, 15) is 0 Å². The summed E-state index contributed by atoms with van der Waals surface area (Å²) < 4.78 is 8.47. The smallest absolute Gasteiger partial charge is 0.152 e. The molecule has 6 nitrogen and oxygen atoms in total. The summed E-state index contributed by atoms with van der Waals surface area (Å²) >= 11 is 0. The van der Waals surface area contributed by atoms with Crippen LogP contribution >= 0.6 is 0 Å². The van der Waals surface area contributed by atoms with Gasteiger partial charge in [-0.1, -0.05) is 19.8 Å². The highest BCUT2D eigenvalue weighted by atomic mass is 16.5. The van der Waals surface area contributed by atoms with Gasteiger partial charge < -0.3 is 20.4 Å². The molecule has 28 heavy (non-hydrogen) atoms. The normalized spacial score (nSPS) is 18.6. The molecule has 0 saturated carbocycles. The van der Waals surface area contributed by atoms with E-state index < -0.39 is 0 Å². The molecular formula is C22H31N5O. The Morgan fingerprint density at radius 3 is 2.93 bits per heavy atom. The third-order valence-corrected chi connectivity index (χ3v) is 5.89. The van der Waals surface area contributed by atoms with Gasteiger partial charge in [-0.3, -0.25) is 0 Å². The summed E-state index contributed by atoms with van der Waals surface area (Å²) in [7, 11) is 2.07. The van der Waals surface area contributed by atoms with E-state index >= 15 is 0 Å². The van der Waals surface area contributed by atoms with Crippen LogP contribution in [0.4, 0.5) is 5.82 Å². The first-order chi connectivity index (χ1) is 13.6. The number of hydrogen-bond donors (Lipinski definition) is 2. The molecule has 4 rings (SSSR count). The summed E-state index contributed by atoms with van der Waals surface area (Å²) in [6.45, 7) is 5.42. The average Bonchev–Trinajstić information content (AvgIpc) is 3.05. The number of nitrogen functional groups attached to an aromatic ring is 1. The molecule has 0 amide bonds. The van der Waals surface area contributed by atoms with E-state index in [-0.39, 0.29) is 6.10 Å². The number of aryl methyl sites for hydroxylation is 2. The van der Waals surface area contributed by atoms with Gasteiger partial charge in [0, 0.05) is 24.9 Å². The Labute approximate surface area is 166 Å². The van der Waals surface area contributed by atoms with E-state index in [1.165, 1.54) is 19.3 Å². The molecule has 3 heterocycles. The molecule has 0 spiro atoms. The topological polar surface area (TPSA) is 78.0 Å². The van der Waals surface area contributed by atoms with Gasteiger partial charge in [-0.2, -0.15) is 0 Å². The second-order valence-electron chi connectivity index (χ2n) is 7.94. The van der Waals surface area contributed by atoms with Crippen LogP contribution in [0.15, 0.2) is 18.2 Å². The highest BCUT2D eigenvalue weighted by Gasteiger charge is 2.21. The van der Waals surface area contributed by atoms with Gasteiger partial charge >= 0.3 is 0 Å². The van der Waals surface area contributed by atoms with Crippen LogP contribution < -0.4 is 15.8 Å². The maximum absolute atomic E-state index is 6.30. The largest absolute Gasteiger partial charge is 0.489 e. The van der Waals surface area contributed by atoms with Crippen molar-refractivity contribution in [2.24, 2.45) is 7.05 Å². The molecule has 1 saturated heterocycles. The van der Waals surface area contributed by atoms with Gasteiger partial charge in [-0.25, -0.2) is 9.97 Å². The summed E-state index contributed by atoms with van der Waals surface area (Å²) in [4.78, 5) is 9.37. The number of piperidine rings is 1. The molecule has 1 aromatic carbocycles. The molecule has 1 fully saturated rings. The molecule has 1 aliphatic heterocycles. The molecule has 2 atom stereocenters. The van der Waals surface area contributed by atoms with E-state index in [1.54, 1.807) is 0 Å². The highest BCUT2D eigenvalue weighted by molar-refractivity contribution is 6.07. The van der Waals surface area contributed by atoms with Gasteiger partial charge in [0.15, 0.2) is 5.82 Å². The molecule has 150 valence electrons. The molecule has 6 heteroatoms. The first-order valence-corrected chi connectivity index (χ1v) is 10.5. The van der Waals surface area contributed by atoms with Crippen LogP contribution in [-0.2, 0) is 13.5 Å². The van der Waals surface area contributed by atoms with Gasteiger partial charge in [-0.15, -0.1) is 0 Å². The standard InChI is InChI=1S/C22H31N5O/c1-4-5-9-19-26-20-21(27(19)3)16-13-15(10-11-18(16)25-22(20)23)28-14(2)17-8-6-7-12-24-17/h10-11,13-14,17,24H,4-9,12H2,1-3H3,(H2,23,25). The molecule has 0 radical (unpaired) electrons. The minimum Gasteiger partial charge on any atom is -0.489 e. The van der Waals surface area contributed by atoms with Crippen LogP contribution in [0.1, 0.15) is 51.8 Å². The molecule has 1 aliphatic rings. The van der Waals surface area contributed by atoms with Crippen LogP contribution in [0.2, 0.25) is 0 Å². The Morgan fingerprint density at radius 1 is 1.32 bits per heavy atom. The van der Waals surface area contributed by atoms with Gasteiger partial charge in [0.25, 0.3) is 0 Å². The maximum Gasteiger partial charge on any atom is 0.152 e. The Kier molecular flexibility index (Phi) is 5.40. The SMILES string of the molecule is CCCCc1nc2c(N)nc3ccc(OC(C)C4CCCCN4)cc3c2n1C. The van der Waals surface area contributed by atoms with Crippen LogP contribution in [0.3, 0.4) is 0 Å². The summed E-state index contributed by atoms with van der Waals surface area (Å²) in [6, 6.07) is 6.50. The van der Waals surface area contributed by atoms with Crippen molar-refractivity contribution < 1.29 is 4.74 Å². The summed E-state index contributed by atoms with van der Waals surface area (Å²) in [6.07, 6.45) is 7.02. The van der Waals surface area contributed by atoms with Crippen molar-refractivity contribution in [1.29, 1.82) is 0 Å². The first kappa shape index (κ1) is 19.0. The Morgan fingerprint density at radius 2 is 2.18 bits per heavy atom. The van der Waals surface area contributed by atoms with E-state index in [0.29, 0.717) is 11.9 Å². The molecule has 2 aromatic heterocycles. The van der Waals surface area contributed by atoms with Gasteiger partial charge in [-0.05, 0) is 50.9 Å². The number of nitrogens with one attached hydrogen (secondary N) is 1. The van der Waals surface area contributed by atoms with Gasteiger partial charge in [0.1, 0.15) is 23.2 Å². The average molecular weight is 382 g/mol. The van der Waals surface area contributed by atoms with Crippen LogP contribution in [0.5, 0.6) is 5.75 Å². The monoisotopic (exact) mass is 381 g/mol. The van der Waals surface area contributed by atoms with Gasteiger partial charge in [0.05, 0.1) is 11.0 Å². The lowest BCUT2D eigenvalue weighted by Gasteiger charge is -2.29. The fraction of sp³-hybridized carbons (Fsp3) is 0.545. The second kappa shape index (κ2) is 7.95. The maximum atomic E-state index is 6.30. The number of imidazole rings is 1. The zero-order valence-electron chi connectivity index (χ0n) is 17.2. The van der Waals surface area contributed by atoms with Crippen molar-refractivity contribution in [2.45, 2.75) is 64.5 Å². The van der Waals surface area contributed by atoms with E-state index in [0.717, 1.165) is 59.3 Å². The second-order valence-corrected chi connectivity index (χ2v) is 7.94. The molecular weight excluding hydrogens is 350 g/mol. The lowest BCUT2D eigenvalue weighted by Crippen LogP contribution is -2.44. The molecule has 0 bridgehead atoms. The van der Waals surface area contributed by atoms with Crippen molar-refractivity contribution in [3.63, 3.8) is 0 Å². The van der Waals surface area contributed by atoms with Crippen molar-refractivity contribution in [3.8, 4) is 5.75 Å². The lowest BCUT2D eigenvalue weighted by atomic mass is 10.0. The number of fused-ring (bicyclic) bond motifs is 3. The van der Waals surface area contributed by atoms with Crippen molar-refractivity contribution in [3.05, 3.63) is 24.0 Å². The third-order valence-electron chi connectivity index (χ3n) is 5.89. The summed E-state index contributed by atoms with van der Waals surface area (Å²) in [5.74, 6) is 2.43. The third kappa shape index (κ3) is 3.53. The fourth-order valence-electron chi connectivity index (χ4n) is 4.22. The van der Waals surface area contributed by atoms with E-state index in [4.69, 9.17) is 15.5 Å². The quantitative estimate of drug-likeness (QED) is 0.676. The lowest BCUT2D eigenvalue weighted by molar-refractivity contribution is 0.153. The molecule has 2 unspecified atom stereocenters. The number of unbranched alkanes of at least 4 members (excludes halogenated alkanes) is 1. The minimum absolute atomic E-state index is 0.127. The minimum atomic E-state index is 0.127. The molecule has 3 N–H and O–H groups in total. The van der Waals surface area contributed by atoms with Crippen molar-refractivity contribution in [2.75, 3.05) is 12.3 Å². The number of aromatic nitrogens is 3. The number of rotatable bonds is 6. The summed E-state index contributed by atoms with van der Waals surface area (Å²) in [5.41, 5.74) is 8.94. The number of hydrogen-bond acceptors (Lipinski definition) is 5. The number of pyridine rings is 1. The van der Waals surface area contributed by atoms with Crippen LogP contribution in [0.25, 0.3) is 21.9 Å². The first-order valence-electron chi connectivity index (χ1n) is 10.5. The molecule has 3 aromatic rings. The number of benzene rings is 1. The summed E-state index contributed by atoms with van der Waals surface area (Å²) in [5, 5.41) is 4.62. The van der Waals surface area contributed by atoms with E-state index in [1.807, 2.05) is 12.1 Å². The van der Waals surface area contributed by atoms with Crippen molar-refractivity contribution in [1.82, 2.24) is 19.9 Å². The Bertz CT molecular complexity index is 974. The van der Waals surface area contributed by atoms with Crippen LogP contribution in [-0.4, -0.2) is 33.2 Å².